The van der Waals surface area contributed by atoms with E-state index in [9.17, 15) is 8.42 Å². The summed E-state index contributed by atoms with van der Waals surface area (Å²) in [6.45, 7) is 3.91. The maximum Gasteiger partial charge on any atom is 0.257 e. The lowest BCUT2D eigenvalue weighted by Crippen LogP contribution is -2.29. The van der Waals surface area contributed by atoms with Crippen LogP contribution in [0.25, 0.3) is 21.8 Å². The Morgan fingerprint density at radius 2 is 1.52 bits per heavy atom. The summed E-state index contributed by atoms with van der Waals surface area (Å²) in [6, 6.07) is 20.3. The molecule has 4 aromatic rings. The molecule has 5 nitrogen and oxygen atoms in total. The molecule has 6 heteroatoms. The fourth-order valence-corrected chi connectivity index (χ4v) is 3.94. The number of rotatable bonds is 4. The van der Waals surface area contributed by atoms with Gasteiger partial charge in [0, 0.05) is 10.8 Å². The lowest BCUT2D eigenvalue weighted by Gasteiger charge is -2.15. The molecule has 2 N–H and O–H groups in total. The van der Waals surface area contributed by atoms with Crippen LogP contribution in [-0.4, -0.2) is 13.4 Å². The highest BCUT2D eigenvalue weighted by Gasteiger charge is 2.16. The molecule has 0 saturated carbocycles. The largest absolute Gasteiger partial charge is 0.306 e. The first-order valence-electron chi connectivity index (χ1n) is 8.58. The molecule has 0 radical (unpaired) electrons. The molecule has 0 unspecified atom stereocenters. The van der Waals surface area contributed by atoms with E-state index in [0.717, 1.165) is 32.9 Å². The zero-order valence-corrected chi connectivity index (χ0v) is 15.8. The number of sulfonamides is 1. The fourth-order valence-electron chi connectivity index (χ4n) is 3.09. The standard InChI is InChI=1S/C21H19N3O2S/c1-14-10-12-16(13-11-14)27(25,26)24-23-21-17-7-3-4-9-19(17)22-20-15(2)6-5-8-18(20)21/h3-13,24H,1-2H3,(H,22,23). The molecule has 0 spiro atoms. The number of nitrogens with one attached hydrogen (secondary N) is 2. The molecular formula is C21H19N3O2S. The van der Waals surface area contributed by atoms with Crippen LogP contribution >= 0.6 is 0 Å². The molecule has 0 aliphatic heterocycles. The third-order valence-corrected chi connectivity index (χ3v) is 5.82. The van der Waals surface area contributed by atoms with Crippen LogP contribution < -0.4 is 10.3 Å². The van der Waals surface area contributed by atoms with Crippen LogP contribution in [0, 0.1) is 13.8 Å². The Morgan fingerprint density at radius 3 is 2.30 bits per heavy atom. The van der Waals surface area contributed by atoms with Gasteiger partial charge in [-0.15, -0.1) is 4.83 Å². The predicted octanol–water partition coefficient (Wildman–Crippen LogP) is 4.31. The number of fused-ring (bicyclic) bond motifs is 2. The zero-order valence-electron chi connectivity index (χ0n) is 15.0. The van der Waals surface area contributed by atoms with Crippen LogP contribution in [0.3, 0.4) is 0 Å². The molecule has 1 aromatic heterocycles. The number of hydrazine groups is 1. The van der Waals surface area contributed by atoms with Crippen molar-refractivity contribution in [3.05, 3.63) is 77.9 Å². The number of para-hydroxylation sites is 2. The average molecular weight is 377 g/mol. The highest BCUT2D eigenvalue weighted by atomic mass is 32.2. The van der Waals surface area contributed by atoms with Crippen molar-refractivity contribution in [3.63, 3.8) is 0 Å². The maximum atomic E-state index is 12.7. The number of benzene rings is 3. The van der Waals surface area contributed by atoms with Crippen molar-refractivity contribution in [2.45, 2.75) is 18.7 Å². The zero-order chi connectivity index (χ0) is 19.0. The van der Waals surface area contributed by atoms with Crippen LogP contribution in [-0.2, 0) is 10.0 Å². The van der Waals surface area contributed by atoms with Gasteiger partial charge in [0.2, 0.25) is 0 Å². The molecule has 0 fully saturated rings. The third kappa shape index (κ3) is 3.25. The minimum atomic E-state index is -3.70. The maximum absolute atomic E-state index is 12.7. The summed E-state index contributed by atoms with van der Waals surface area (Å²) in [4.78, 5) is 7.45. The molecular weight excluding hydrogens is 358 g/mol. The van der Waals surface area contributed by atoms with Crippen molar-refractivity contribution in [2.24, 2.45) is 0 Å². The summed E-state index contributed by atoms with van der Waals surface area (Å²) in [7, 11) is -3.70. The lowest BCUT2D eigenvalue weighted by atomic mass is 10.1. The molecule has 0 saturated heterocycles. The minimum Gasteiger partial charge on any atom is -0.306 e. The molecule has 0 aliphatic rings. The van der Waals surface area contributed by atoms with Gasteiger partial charge in [0.1, 0.15) is 0 Å². The Bertz CT molecular complexity index is 1250. The Kier molecular flexibility index (Phi) is 4.30. The van der Waals surface area contributed by atoms with Gasteiger partial charge in [-0.2, -0.15) is 0 Å². The Labute approximate surface area is 158 Å². The van der Waals surface area contributed by atoms with Gasteiger partial charge < -0.3 is 5.43 Å². The monoisotopic (exact) mass is 377 g/mol. The van der Waals surface area contributed by atoms with E-state index in [2.05, 4.69) is 10.3 Å². The second kappa shape index (κ2) is 6.64. The molecule has 0 aliphatic carbocycles. The number of aryl methyl sites for hydroxylation is 2. The quantitative estimate of drug-likeness (QED) is 0.411. The Morgan fingerprint density at radius 1 is 0.815 bits per heavy atom. The Balaban J connectivity index is 1.80. The molecule has 27 heavy (non-hydrogen) atoms. The van der Waals surface area contributed by atoms with Crippen LogP contribution in [0.2, 0.25) is 0 Å². The van der Waals surface area contributed by atoms with Crippen molar-refractivity contribution in [2.75, 3.05) is 5.43 Å². The second-order valence-corrected chi connectivity index (χ2v) is 8.20. The molecule has 136 valence electrons. The van der Waals surface area contributed by atoms with Crippen molar-refractivity contribution in [1.82, 2.24) is 9.82 Å². The summed E-state index contributed by atoms with van der Waals surface area (Å²) in [6.07, 6.45) is 0. The van der Waals surface area contributed by atoms with E-state index in [1.165, 1.54) is 0 Å². The molecule has 1 heterocycles. The highest BCUT2D eigenvalue weighted by Crippen LogP contribution is 2.31. The van der Waals surface area contributed by atoms with Gasteiger partial charge in [-0.25, -0.2) is 13.4 Å². The van der Waals surface area contributed by atoms with Gasteiger partial charge in [-0.3, -0.25) is 0 Å². The summed E-state index contributed by atoms with van der Waals surface area (Å²) in [5.74, 6) is 0. The number of anilines is 1. The van der Waals surface area contributed by atoms with Crippen LogP contribution in [0.15, 0.2) is 71.6 Å². The molecule has 0 amide bonds. The van der Waals surface area contributed by atoms with Crippen LogP contribution in [0.5, 0.6) is 0 Å². The van der Waals surface area contributed by atoms with Crippen molar-refractivity contribution < 1.29 is 8.42 Å². The predicted molar refractivity (Wildman–Crippen MR) is 109 cm³/mol. The molecule has 0 atom stereocenters. The van der Waals surface area contributed by atoms with Crippen molar-refractivity contribution in [3.8, 4) is 0 Å². The average Bonchev–Trinajstić information content (AvgIpc) is 2.66. The number of hydrogen-bond donors (Lipinski definition) is 2. The summed E-state index contributed by atoms with van der Waals surface area (Å²) < 4.78 is 25.3. The van der Waals surface area contributed by atoms with E-state index in [1.807, 2.05) is 56.3 Å². The first-order valence-corrected chi connectivity index (χ1v) is 10.1. The van der Waals surface area contributed by atoms with E-state index in [4.69, 9.17) is 4.98 Å². The SMILES string of the molecule is Cc1ccc(S(=O)(=O)NNc2c3ccccc3nc3c(C)cccc23)cc1. The van der Waals surface area contributed by atoms with E-state index in [-0.39, 0.29) is 4.90 Å². The highest BCUT2D eigenvalue weighted by molar-refractivity contribution is 7.89. The van der Waals surface area contributed by atoms with E-state index in [0.29, 0.717) is 5.69 Å². The summed E-state index contributed by atoms with van der Waals surface area (Å²) in [5, 5.41) is 1.71. The summed E-state index contributed by atoms with van der Waals surface area (Å²) >= 11 is 0. The fraction of sp³-hybridized carbons (Fsp3) is 0.0952. The smallest absolute Gasteiger partial charge is 0.257 e. The van der Waals surface area contributed by atoms with Crippen LogP contribution in [0.1, 0.15) is 11.1 Å². The minimum absolute atomic E-state index is 0.208. The van der Waals surface area contributed by atoms with Gasteiger partial charge in [-0.1, -0.05) is 54.1 Å². The van der Waals surface area contributed by atoms with E-state index >= 15 is 0 Å². The van der Waals surface area contributed by atoms with Gasteiger partial charge >= 0.3 is 0 Å². The van der Waals surface area contributed by atoms with Gasteiger partial charge in [0.05, 0.1) is 21.6 Å². The van der Waals surface area contributed by atoms with Crippen molar-refractivity contribution >= 4 is 37.5 Å². The number of nitrogens with zero attached hydrogens (tertiary/aromatic N) is 1. The third-order valence-electron chi connectivity index (χ3n) is 4.55. The lowest BCUT2D eigenvalue weighted by molar-refractivity contribution is 0.588. The number of aromatic nitrogens is 1. The Hall–Kier alpha value is -2.96. The summed E-state index contributed by atoms with van der Waals surface area (Å²) in [5.41, 5.74) is 7.30. The molecule has 0 bridgehead atoms. The van der Waals surface area contributed by atoms with Gasteiger partial charge in [0.15, 0.2) is 0 Å². The number of hydrogen-bond acceptors (Lipinski definition) is 4. The number of pyridine rings is 1. The first kappa shape index (κ1) is 17.5. The normalized spacial score (nSPS) is 11.8. The van der Waals surface area contributed by atoms with Crippen LogP contribution in [0.4, 0.5) is 5.69 Å². The first-order chi connectivity index (χ1) is 13.0. The topological polar surface area (TPSA) is 71.1 Å². The molecule has 4 rings (SSSR count). The van der Waals surface area contributed by atoms with Crippen molar-refractivity contribution in [1.29, 1.82) is 0 Å². The molecule has 3 aromatic carbocycles. The second-order valence-electron chi connectivity index (χ2n) is 6.52. The van der Waals surface area contributed by atoms with Gasteiger partial charge in [-0.05, 0) is 37.6 Å². The van der Waals surface area contributed by atoms with E-state index in [1.54, 1.807) is 24.3 Å². The van der Waals surface area contributed by atoms with Gasteiger partial charge in [0.25, 0.3) is 10.0 Å². The van der Waals surface area contributed by atoms with E-state index < -0.39 is 10.0 Å².